The van der Waals surface area contributed by atoms with Crippen LogP contribution in [-0.4, -0.2) is 56.5 Å². The SMILES string of the molecule is Cc1cccc(CC(=O)NCC(=O)Nc2ccc(N3CCN(C)CC3)cc2)c1. The van der Waals surface area contributed by atoms with E-state index in [2.05, 4.69) is 27.5 Å². The normalized spacial score (nSPS) is 14.6. The highest BCUT2D eigenvalue weighted by molar-refractivity contribution is 5.94. The van der Waals surface area contributed by atoms with Crippen molar-refractivity contribution in [1.29, 1.82) is 0 Å². The van der Waals surface area contributed by atoms with Crippen LogP contribution in [0.25, 0.3) is 0 Å². The van der Waals surface area contributed by atoms with Gasteiger partial charge in [-0.25, -0.2) is 0 Å². The molecule has 0 unspecified atom stereocenters. The summed E-state index contributed by atoms with van der Waals surface area (Å²) in [6.45, 7) is 6.08. The lowest BCUT2D eigenvalue weighted by Crippen LogP contribution is -2.44. The van der Waals surface area contributed by atoms with Gasteiger partial charge in [0.2, 0.25) is 11.8 Å². The van der Waals surface area contributed by atoms with Gasteiger partial charge in [0.1, 0.15) is 0 Å². The molecule has 6 heteroatoms. The van der Waals surface area contributed by atoms with Gasteiger partial charge in [-0.05, 0) is 43.8 Å². The summed E-state index contributed by atoms with van der Waals surface area (Å²) in [6.07, 6.45) is 0.273. The number of nitrogens with zero attached hydrogens (tertiary/aromatic N) is 2. The molecule has 0 radical (unpaired) electrons. The van der Waals surface area contributed by atoms with Gasteiger partial charge in [-0.3, -0.25) is 9.59 Å². The van der Waals surface area contributed by atoms with Crippen molar-refractivity contribution in [2.75, 3.05) is 50.0 Å². The second-order valence-corrected chi connectivity index (χ2v) is 7.33. The maximum absolute atomic E-state index is 12.1. The van der Waals surface area contributed by atoms with Crippen molar-refractivity contribution < 1.29 is 9.59 Å². The van der Waals surface area contributed by atoms with Gasteiger partial charge in [0.05, 0.1) is 13.0 Å². The zero-order chi connectivity index (χ0) is 19.9. The Morgan fingerprint density at radius 1 is 0.964 bits per heavy atom. The molecular formula is C22H28N4O2. The number of aryl methyl sites for hydroxylation is 1. The molecule has 1 saturated heterocycles. The van der Waals surface area contributed by atoms with Gasteiger partial charge in [-0.15, -0.1) is 0 Å². The molecular weight excluding hydrogens is 352 g/mol. The van der Waals surface area contributed by atoms with Crippen molar-refractivity contribution in [2.45, 2.75) is 13.3 Å². The van der Waals surface area contributed by atoms with Gasteiger partial charge >= 0.3 is 0 Å². The van der Waals surface area contributed by atoms with Gasteiger partial charge in [0.25, 0.3) is 0 Å². The maximum Gasteiger partial charge on any atom is 0.243 e. The van der Waals surface area contributed by atoms with Crippen molar-refractivity contribution in [3.05, 3.63) is 59.7 Å². The number of amides is 2. The Labute approximate surface area is 166 Å². The van der Waals surface area contributed by atoms with E-state index in [1.807, 2.05) is 55.5 Å². The molecule has 1 aliphatic heterocycles. The van der Waals surface area contributed by atoms with Crippen LogP contribution >= 0.6 is 0 Å². The molecule has 0 bridgehead atoms. The van der Waals surface area contributed by atoms with E-state index in [1.165, 1.54) is 0 Å². The highest BCUT2D eigenvalue weighted by Gasteiger charge is 2.14. The number of benzene rings is 2. The maximum atomic E-state index is 12.1. The Morgan fingerprint density at radius 2 is 1.68 bits per heavy atom. The highest BCUT2D eigenvalue weighted by atomic mass is 16.2. The Bertz CT molecular complexity index is 812. The molecule has 2 aromatic carbocycles. The van der Waals surface area contributed by atoms with Gasteiger partial charge < -0.3 is 20.4 Å². The second kappa shape index (κ2) is 9.37. The topological polar surface area (TPSA) is 64.7 Å². The summed E-state index contributed by atoms with van der Waals surface area (Å²) in [5.74, 6) is -0.392. The van der Waals surface area contributed by atoms with E-state index in [9.17, 15) is 9.59 Å². The standard InChI is InChI=1S/C22H28N4O2/c1-17-4-3-5-18(14-17)15-21(27)23-16-22(28)24-19-6-8-20(9-7-19)26-12-10-25(2)11-13-26/h3-9,14H,10-13,15-16H2,1-2H3,(H,23,27)(H,24,28). The third-order valence-corrected chi connectivity index (χ3v) is 4.91. The van der Waals surface area contributed by atoms with Crippen molar-refractivity contribution in [3.8, 4) is 0 Å². The predicted octanol–water partition coefficient (Wildman–Crippen LogP) is 2.04. The largest absolute Gasteiger partial charge is 0.369 e. The Morgan fingerprint density at radius 3 is 2.36 bits per heavy atom. The molecule has 3 rings (SSSR count). The molecule has 0 saturated carbocycles. The van der Waals surface area contributed by atoms with Crippen LogP contribution in [0, 0.1) is 6.92 Å². The average molecular weight is 380 g/mol. The quantitative estimate of drug-likeness (QED) is 0.805. The lowest BCUT2D eigenvalue weighted by molar-refractivity contribution is -0.123. The zero-order valence-corrected chi connectivity index (χ0v) is 16.6. The molecule has 1 heterocycles. The lowest BCUT2D eigenvalue weighted by Gasteiger charge is -2.34. The first kappa shape index (κ1) is 19.9. The molecule has 1 aliphatic rings. The number of hydrogen-bond acceptors (Lipinski definition) is 4. The van der Waals surface area contributed by atoms with E-state index in [4.69, 9.17) is 0 Å². The molecule has 0 atom stereocenters. The van der Waals surface area contributed by atoms with Gasteiger partial charge in [-0.2, -0.15) is 0 Å². The number of rotatable bonds is 6. The van der Waals surface area contributed by atoms with Crippen LogP contribution < -0.4 is 15.5 Å². The van der Waals surface area contributed by atoms with Crippen molar-refractivity contribution >= 4 is 23.2 Å². The zero-order valence-electron chi connectivity index (χ0n) is 16.6. The van der Waals surface area contributed by atoms with Crippen LogP contribution in [0.1, 0.15) is 11.1 Å². The molecule has 28 heavy (non-hydrogen) atoms. The van der Waals surface area contributed by atoms with E-state index in [1.54, 1.807) is 0 Å². The van der Waals surface area contributed by atoms with E-state index in [0.29, 0.717) is 0 Å². The molecule has 1 fully saturated rings. The van der Waals surface area contributed by atoms with E-state index < -0.39 is 0 Å². The number of carbonyl (C=O) groups excluding carboxylic acids is 2. The molecule has 6 nitrogen and oxygen atoms in total. The summed E-state index contributed by atoms with van der Waals surface area (Å²) in [4.78, 5) is 28.8. The van der Waals surface area contributed by atoms with Crippen molar-refractivity contribution in [3.63, 3.8) is 0 Å². The first-order valence-corrected chi connectivity index (χ1v) is 9.65. The fourth-order valence-electron chi connectivity index (χ4n) is 3.27. The predicted molar refractivity (Wildman–Crippen MR) is 113 cm³/mol. The third kappa shape index (κ3) is 5.82. The Hall–Kier alpha value is -2.86. The van der Waals surface area contributed by atoms with Gasteiger partial charge in [-0.1, -0.05) is 29.8 Å². The molecule has 0 spiro atoms. The number of anilines is 2. The van der Waals surface area contributed by atoms with Crippen LogP contribution in [0.2, 0.25) is 0 Å². The minimum Gasteiger partial charge on any atom is -0.369 e. The molecule has 2 N–H and O–H groups in total. The molecule has 2 aromatic rings. The molecule has 0 aliphatic carbocycles. The first-order valence-electron chi connectivity index (χ1n) is 9.65. The monoisotopic (exact) mass is 380 g/mol. The van der Waals surface area contributed by atoms with E-state index in [-0.39, 0.29) is 24.8 Å². The fourth-order valence-corrected chi connectivity index (χ4v) is 3.27. The van der Waals surface area contributed by atoms with Crippen LogP contribution in [0.5, 0.6) is 0 Å². The van der Waals surface area contributed by atoms with Crippen molar-refractivity contribution in [2.24, 2.45) is 0 Å². The highest BCUT2D eigenvalue weighted by Crippen LogP contribution is 2.19. The minimum absolute atomic E-state index is 0.0368. The Balaban J connectivity index is 1.43. The van der Waals surface area contributed by atoms with Crippen LogP contribution in [0.3, 0.4) is 0 Å². The van der Waals surface area contributed by atoms with Crippen LogP contribution in [0.15, 0.2) is 48.5 Å². The summed E-state index contributed by atoms with van der Waals surface area (Å²) in [5, 5.41) is 5.50. The number of piperazine rings is 1. The first-order chi connectivity index (χ1) is 13.5. The average Bonchev–Trinajstić information content (AvgIpc) is 2.68. The van der Waals surface area contributed by atoms with E-state index in [0.717, 1.165) is 48.7 Å². The number of nitrogens with one attached hydrogen (secondary N) is 2. The summed E-state index contributed by atoms with van der Waals surface area (Å²) in [5.41, 5.74) is 3.95. The van der Waals surface area contributed by atoms with Crippen LogP contribution in [-0.2, 0) is 16.0 Å². The molecule has 2 amide bonds. The van der Waals surface area contributed by atoms with Gasteiger partial charge in [0.15, 0.2) is 0 Å². The second-order valence-electron chi connectivity index (χ2n) is 7.33. The number of likely N-dealkylation sites (N-methyl/N-ethyl adjacent to an activating group) is 1. The summed E-state index contributed by atoms with van der Waals surface area (Å²) < 4.78 is 0. The van der Waals surface area contributed by atoms with Crippen LogP contribution in [0.4, 0.5) is 11.4 Å². The van der Waals surface area contributed by atoms with Crippen molar-refractivity contribution in [1.82, 2.24) is 10.2 Å². The third-order valence-electron chi connectivity index (χ3n) is 4.91. The summed E-state index contributed by atoms with van der Waals surface area (Å²) in [7, 11) is 2.13. The lowest BCUT2D eigenvalue weighted by atomic mass is 10.1. The summed E-state index contributed by atoms with van der Waals surface area (Å²) in [6, 6.07) is 15.7. The molecule has 148 valence electrons. The Kier molecular flexibility index (Phi) is 6.66. The fraction of sp³-hybridized carbons (Fsp3) is 0.364. The molecule has 0 aromatic heterocycles. The summed E-state index contributed by atoms with van der Waals surface area (Å²) >= 11 is 0. The minimum atomic E-state index is -0.232. The smallest absolute Gasteiger partial charge is 0.243 e. The van der Waals surface area contributed by atoms with E-state index >= 15 is 0 Å². The number of hydrogen-bond donors (Lipinski definition) is 2. The van der Waals surface area contributed by atoms with Gasteiger partial charge in [0, 0.05) is 37.6 Å². The number of carbonyl (C=O) groups is 2.